The second-order valence-corrected chi connectivity index (χ2v) is 4.51. The Labute approximate surface area is 111 Å². The third kappa shape index (κ3) is 2.40. The molecule has 0 radical (unpaired) electrons. The van der Waals surface area contributed by atoms with Crippen LogP contribution in [-0.4, -0.2) is 5.11 Å². The van der Waals surface area contributed by atoms with Gasteiger partial charge in [0.1, 0.15) is 18.0 Å². The molecule has 0 saturated carbocycles. The van der Waals surface area contributed by atoms with Gasteiger partial charge < -0.3 is 14.3 Å². The van der Waals surface area contributed by atoms with Gasteiger partial charge in [0.25, 0.3) is 0 Å². The molecule has 3 heteroatoms. The van der Waals surface area contributed by atoms with Crippen molar-refractivity contribution < 1.29 is 14.3 Å². The van der Waals surface area contributed by atoms with Gasteiger partial charge in [-0.3, -0.25) is 0 Å². The number of aromatic hydroxyl groups is 1. The van der Waals surface area contributed by atoms with E-state index in [1.54, 1.807) is 18.2 Å². The summed E-state index contributed by atoms with van der Waals surface area (Å²) in [5.41, 5.74) is 2.04. The highest BCUT2D eigenvalue weighted by atomic mass is 16.5. The summed E-state index contributed by atoms with van der Waals surface area (Å²) < 4.78 is 11.2. The first-order valence-electron chi connectivity index (χ1n) is 6.12. The van der Waals surface area contributed by atoms with Crippen LogP contribution < -0.4 is 4.74 Å². The minimum absolute atomic E-state index is 0.134. The molecule has 96 valence electrons. The fourth-order valence-corrected chi connectivity index (χ4v) is 2.02. The Morgan fingerprint density at radius 1 is 1.11 bits per heavy atom. The van der Waals surface area contributed by atoms with Crippen molar-refractivity contribution in [3.05, 3.63) is 59.9 Å². The van der Waals surface area contributed by atoms with E-state index in [1.165, 1.54) is 5.56 Å². The first-order chi connectivity index (χ1) is 9.22. The SMILES string of the molecule is Cc1ccc2oc(COc3ccccc3O)cc2c1. The van der Waals surface area contributed by atoms with E-state index in [2.05, 4.69) is 6.07 Å². The molecule has 0 aliphatic heterocycles. The second kappa shape index (κ2) is 4.69. The van der Waals surface area contributed by atoms with Crippen molar-refractivity contribution in [2.45, 2.75) is 13.5 Å². The summed E-state index contributed by atoms with van der Waals surface area (Å²) in [6.07, 6.45) is 0. The first-order valence-corrected chi connectivity index (χ1v) is 6.12. The summed E-state index contributed by atoms with van der Waals surface area (Å²) >= 11 is 0. The van der Waals surface area contributed by atoms with Gasteiger partial charge in [-0.05, 0) is 37.3 Å². The normalized spacial score (nSPS) is 10.8. The topological polar surface area (TPSA) is 42.6 Å². The third-order valence-corrected chi connectivity index (χ3v) is 2.96. The fraction of sp³-hybridized carbons (Fsp3) is 0.125. The van der Waals surface area contributed by atoms with Gasteiger partial charge in [0.05, 0.1) is 0 Å². The van der Waals surface area contributed by atoms with Crippen molar-refractivity contribution in [2.24, 2.45) is 0 Å². The maximum absolute atomic E-state index is 9.61. The van der Waals surface area contributed by atoms with Crippen molar-refractivity contribution in [1.29, 1.82) is 0 Å². The molecule has 0 aliphatic carbocycles. The predicted molar refractivity (Wildman–Crippen MR) is 73.4 cm³/mol. The average Bonchev–Trinajstić information content (AvgIpc) is 2.79. The monoisotopic (exact) mass is 254 g/mol. The standard InChI is InChI=1S/C16H14O3/c1-11-6-7-15-12(8-11)9-13(19-15)10-18-16-5-3-2-4-14(16)17/h2-9,17H,10H2,1H3. The third-order valence-electron chi connectivity index (χ3n) is 2.96. The van der Waals surface area contributed by atoms with Gasteiger partial charge in [-0.1, -0.05) is 23.8 Å². The second-order valence-electron chi connectivity index (χ2n) is 4.51. The number of hydrogen-bond acceptors (Lipinski definition) is 3. The van der Waals surface area contributed by atoms with Crippen LogP contribution in [0.25, 0.3) is 11.0 Å². The molecule has 1 aromatic heterocycles. The highest BCUT2D eigenvalue weighted by molar-refractivity contribution is 5.78. The number of ether oxygens (including phenoxy) is 1. The maximum atomic E-state index is 9.61. The summed E-state index contributed by atoms with van der Waals surface area (Å²) in [5.74, 6) is 1.33. The largest absolute Gasteiger partial charge is 0.504 e. The zero-order valence-electron chi connectivity index (χ0n) is 10.6. The summed E-state index contributed by atoms with van der Waals surface area (Å²) in [6.45, 7) is 2.34. The molecule has 3 nitrogen and oxygen atoms in total. The van der Waals surface area contributed by atoms with Gasteiger partial charge in [0.15, 0.2) is 11.5 Å². The Kier molecular flexibility index (Phi) is 2.88. The van der Waals surface area contributed by atoms with E-state index < -0.39 is 0 Å². The molecule has 0 spiro atoms. The lowest BCUT2D eigenvalue weighted by Crippen LogP contribution is -1.93. The van der Waals surface area contributed by atoms with E-state index >= 15 is 0 Å². The number of fused-ring (bicyclic) bond motifs is 1. The summed E-state index contributed by atoms with van der Waals surface area (Å²) in [5, 5.41) is 10.7. The van der Waals surface area contributed by atoms with Crippen LogP contribution in [0.2, 0.25) is 0 Å². The van der Waals surface area contributed by atoms with Crippen LogP contribution in [0.1, 0.15) is 11.3 Å². The van der Waals surface area contributed by atoms with E-state index in [0.29, 0.717) is 12.4 Å². The van der Waals surface area contributed by atoms with Crippen LogP contribution in [0.3, 0.4) is 0 Å². The van der Waals surface area contributed by atoms with E-state index in [4.69, 9.17) is 9.15 Å². The van der Waals surface area contributed by atoms with Crippen LogP contribution in [0.4, 0.5) is 0 Å². The number of phenols is 1. The molecule has 0 unspecified atom stereocenters. The zero-order chi connectivity index (χ0) is 13.2. The average molecular weight is 254 g/mol. The van der Waals surface area contributed by atoms with Crippen LogP contribution in [-0.2, 0) is 6.61 Å². The Hall–Kier alpha value is -2.42. The molecule has 2 aromatic carbocycles. The predicted octanol–water partition coefficient (Wildman–Crippen LogP) is 4.03. The molecule has 3 rings (SSSR count). The highest BCUT2D eigenvalue weighted by Crippen LogP contribution is 2.26. The van der Waals surface area contributed by atoms with Crippen LogP contribution in [0.15, 0.2) is 52.9 Å². The van der Waals surface area contributed by atoms with Crippen LogP contribution in [0, 0.1) is 6.92 Å². The molecule has 0 bridgehead atoms. The molecule has 0 fully saturated rings. The highest BCUT2D eigenvalue weighted by Gasteiger charge is 2.06. The number of phenolic OH excluding ortho intramolecular Hbond substituents is 1. The van der Waals surface area contributed by atoms with Crippen molar-refractivity contribution in [1.82, 2.24) is 0 Å². The first kappa shape index (κ1) is 11.7. The van der Waals surface area contributed by atoms with Gasteiger partial charge in [0, 0.05) is 5.39 Å². The zero-order valence-corrected chi connectivity index (χ0v) is 10.6. The molecule has 1 N–H and O–H groups in total. The summed E-state index contributed by atoms with van der Waals surface area (Å²) in [6, 6.07) is 14.9. The van der Waals surface area contributed by atoms with Crippen molar-refractivity contribution in [3.8, 4) is 11.5 Å². The number of aryl methyl sites for hydroxylation is 1. The fourth-order valence-electron chi connectivity index (χ4n) is 2.02. The lowest BCUT2D eigenvalue weighted by atomic mass is 10.2. The van der Waals surface area contributed by atoms with E-state index in [-0.39, 0.29) is 5.75 Å². The van der Waals surface area contributed by atoms with Gasteiger partial charge in [-0.2, -0.15) is 0 Å². The van der Waals surface area contributed by atoms with E-state index in [9.17, 15) is 5.11 Å². The molecule has 3 aromatic rings. The van der Waals surface area contributed by atoms with Crippen LogP contribution >= 0.6 is 0 Å². The molecule has 0 atom stereocenters. The minimum Gasteiger partial charge on any atom is -0.504 e. The van der Waals surface area contributed by atoms with Gasteiger partial charge in [0.2, 0.25) is 0 Å². The van der Waals surface area contributed by atoms with Gasteiger partial charge in [-0.15, -0.1) is 0 Å². The Balaban J connectivity index is 1.80. The lowest BCUT2D eigenvalue weighted by molar-refractivity contribution is 0.262. The van der Waals surface area contributed by atoms with Crippen molar-refractivity contribution in [3.63, 3.8) is 0 Å². The number of hydrogen-bond donors (Lipinski definition) is 1. The maximum Gasteiger partial charge on any atom is 0.161 e. The van der Waals surface area contributed by atoms with E-state index in [1.807, 2.05) is 31.2 Å². The Bertz CT molecular complexity index is 713. The van der Waals surface area contributed by atoms with Gasteiger partial charge in [-0.25, -0.2) is 0 Å². The number of rotatable bonds is 3. The molecule has 0 saturated heterocycles. The molecule has 0 aliphatic rings. The lowest BCUT2D eigenvalue weighted by Gasteiger charge is -2.05. The Morgan fingerprint density at radius 3 is 2.79 bits per heavy atom. The molecular weight excluding hydrogens is 240 g/mol. The quantitative estimate of drug-likeness (QED) is 0.767. The summed E-state index contributed by atoms with van der Waals surface area (Å²) in [4.78, 5) is 0. The molecule has 0 amide bonds. The Morgan fingerprint density at radius 2 is 1.95 bits per heavy atom. The molecule has 19 heavy (non-hydrogen) atoms. The smallest absolute Gasteiger partial charge is 0.161 e. The number of furan rings is 1. The van der Waals surface area contributed by atoms with E-state index in [0.717, 1.165) is 16.7 Å². The van der Waals surface area contributed by atoms with Crippen molar-refractivity contribution in [2.75, 3.05) is 0 Å². The summed E-state index contributed by atoms with van der Waals surface area (Å²) in [7, 11) is 0. The minimum atomic E-state index is 0.134. The van der Waals surface area contributed by atoms with Crippen LogP contribution in [0.5, 0.6) is 11.5 Å². The molecular formula is C16H14O3. The van der Waals surface area contributed by atoms with Crippen molar-refractivity contribution >= 4 is 11.0 Å². The molecule has 1 heterocycles. The number of benzene rings is 2. The van der Waals surface area contributed by atoms with Gasteiger partial charge >= 0.3 is 0 Å². The number of para-hydroxylation sites is 2.